The Labute approximate surface area is 183 Å². The van der Waals surface area contributed by atoms with E-state index >= 15 is 0 Å². The summed E-state index contributed by atoms with van der Waals surface area (Å²) in [5, 5.41) is 16.2. The van der Waals surface area contributed by atoms with Crippen LogP contribution in [0.25, 0.3) is 5.69 Å². The Morgan fingerprint density at radius 2 is 2.03 bits per heavy atom. The first-order valence-electron chi connectivity index (χ1n) is 9.39. The van der Waals surface area contributed by atoms with Crippen LogP contribution in [0, 0.1) is 0 Å². The van der Waals surface area contributed by atoms with Crippen molar-refractivity contribution in [1.82, 2.24) is 25.5 Å². The maximum atomic E-state index is 5.78. The summed E-state index contributed by atoms with van der Waals surface area (Å²) in [7, 11) is 1.66. The van der Waals surface area contributed by atoms with Crippen LogP contribution in [0.1, 0.15) is 18.9 Å². The molecule has 1 heterocycles. The highest BCUT2D eigenvalue weighted by molar-refractivity contribution is 9.10. The Kier molecular flexibility index (Phi) is 8.33. The molecule has 0 radical (unpaired) electrons. The van der Waals surface area contributed by atoms with Gasteiger partial charge < -0.3 is 14.8 Å². The average Bonchev–Trinajstić information content (AvgIpc) is 3.21. The molecule has 1 N–H and O–H groups in total. The SMILES string of the molecule is CCCOc1c(Br)cc(CNCCSc2nnnn2-c2ccccc2)cc1OC. The number of hydrogen-bond donors (Lipinski definition) is 1. The van der Waals surface area contributed by atoms with Crippen molar-refractivity contribution in [3.05, 3.63) is 52.5 Å². The molecular weight excluding hydrogens is 454 g/mol. The molecule has 0 saturated heterocycles. The fraction of sp³-hybridized carbons (Fsp3) is 0.350. The first-order chi connectivity index (χ1) is 14.2. The van der Waals surface area contributed by atoms with E-state index in [1.807, 2.05) is 36.4 Å². The minimum atomic E-state index is 0.659. The summed E-state index contributed by atoms with van der Waals surface area (Å²) in [5.74, 6) is 2.34. The van der Waals surface area contributed by atoms with Gasteiger partial charge in [0, 0.05) is 18.8 Å². The van der Waals surface area contributed by atoms with E-state index in [2.05, 4.69) is 49.8 Å². The molecule has 1 aromatic heterocycles. The van der Waals surface area contributed by atoms with Crippen molar-refractivity contribution in [3.63, 3.8) is 0 Å². The van der Waals surface area contributed by atoms with Crippen LogP contribution in [-0.2, 0) is 6.54 Å². The molecule has 3 rings (SSSR count). The zero-order valence-corrected chi connectivity index (χ0v) is 18.9. The van der Waals surface area contributed by atoms with Gasteiger partial charge in [-0.15, -0.1) is 5.10 Å². The van der Waals surface area contributed by atoms with Gasteiger partial charge >= 0.3 is 0 Å². The summed E-state index contributed by atoms with van der Waals surface area (Å²) in [6, 6.07) is 13.9. The number of thioether (sulfide) groups is 1. The molecule has 0 fully saturated rings. The lowest BCUT2D eigenvalue weighted by molar-refractivity contribution is 0.292. The van der Waals surface area contributed by atoms with Crippen LogP contribution in [0.2, 0.25) is 0 Å². The normalized spacial score (nSPS) is 10.9. The maximum Gasteiger partial charge on any atom is 0.214 e. The standard InChI is InChI=1S/C20H24BrN5O2S/c1-3-10-28-19-17(21)12-15(13-18(19)27-2)14-22-9-11-29-20-23-24-25-26(20)16-7-5-4-6-8-16/h4-8,12-13,22H,3,9-11,14H2,1-2H3. The molecule has 2 aromatic carbocycles. The van der Waals surface area contributed by atoms with E-state index in [9.17, 15) is 0 Å². The number of hydrogen-bond acceptors (Lipinski definition) is 7. The molecule has 9 heteroatoms. The maximum absolute atomic E-state index is 5.78. The van der Waals surface area contributed by atoms with Crippen molar-refractivity contribution in [2.45, 2.75) is 25.0 Å². The highest BCUT2D eigenvalue weighted by Crippen LogP contribution is 2.36. The first kappa shape index (κ1) is 21.6. The number of aromatic nitrogens is 4. The van der Waals surface area contributed by atoms with Crippen LogP contribution >= 0.6 is 27.7 Å². The Morgan fingerprint density at radius 3 is 2.79 bits per heavy atom. The van der Waals surface area contributed by atoms with E-state index in [1.165, 1.54) is 0 Å². The molecule has 154 valence electrons. The van der Waals surface area contributed by atoms with E-state index < -0.39 is 0 Å². The Morgan fingerprint density at radius 1 is 1.21 bits per heavy atom. The predicted molar refractivity (Wildman–Crippen MR) is 118 cm³/mol. The molecule has 0 amide bonds. The Bertz CT molecular complexity index is 907. The lowest BCUT2D eigenvalue weighted by Crippen LogP contribution is -2.17. The molecule has 0 bridgehead atoms. The number of benzene rings is 2. The van der Waals surface area contributed by atoms with Crippen LogP contribution in [0.15, 0.2) is 52.1 Å². The van der Waals surface area contributed by atoms with Crippen LogP contribution in [0.5, 0.6) is 11.5 Å². The van der Waals surface area contributed by atoms with E-state index in [0.717, 1.165) is 57.6 Å². The summed E-state index contributed by atoms with van der Waals surface area (Å²) >= 11 is 5.20. The third-order valence-corrected chi connectivity index (χ3v) is 5.53. The predicted octanol–water partition coefficient (Wildman–Crippen LogP) is 4.10. The molecule has 29 heavy (non-hydrogen) atoms. The number of methoxy groups -OCH3 is 1. The zero-order valence-electron chi connectivity index (χ0n) is 16.5. The fourth-order valence-electron chi connectivity index (χ4n) is 2.67. The Balaban J connectivity index is 1.50. The van der Waals surface area contributed by atoms with E-state index in [0.29, 0.717) is 6.61 Å². The quantitative estimate of drug-likeness (QED) is 0.329. The van der Waals surface area contributed by atoms with Crippen LogP contribution < -0.4 is 14.8 Å². The Hall–Kier alpha value is -2.10. The topological polar surface area (TPSA) is 74.1 Å². The van der Waals surface area contributed by atoms with Gasteiger partial charge in [-0.2, -0.15) is 4.68 Å². The summed E-state index contributed by atoms with van der Waals surface area (Å²) in [4.78, 5) is 0. The first-order valence-corrected chi connectivity index (χ1v) is 11.2. The number of rotatable bonds is 11. The lowest BCUT2D eigenvalue weighted by Gasteiger charge is -2.14. The second-order valence-electron chi connectivity index (χ2n) is 6.19. The molecule has 0 atom stereocenters. The third kappa shape index (κ3) is 5.94. The molecule has 0 saturated carbocycles. The van der Waals surface area contributed by atoms with Crippen molar-refractivity contribution in [3.8, 4) is 17.2 Å². The smallest absolute Gasteiger partial charge is 0.214 e. The fourth-order valence-corrected chi connectivity index (χ4v) is 4.06. The van der Waals surface area contributed by atoms with Gasteiger partial charge in [0.05, 0.1) is 23.9 Å². The van der Waals surface area contributed by atoms with Gasteiger partial charge in [0.2, 0.25) is 5.16 Å². The highest BCUT2D eigenvalue weighted by atomic mass is 79.9. The van der Waals surface area contributed by atoms with Crippen LogP contribution in [-0.4, -0.2) is 46.2 Å². The number of nitrogens with zero attached hydrogens (tertiary/aromatic N) is 4. The molecule has 0 unspecified atom stereocenters. The summed E-state index contributed by atoms with van der Waals surface area (Å²) in [5.41, 5.74) is 2.08. The molecule has 0 aliphatic carbocycles. The number of para-hydroxylation sites is 1. The molecule has 7 nitrogen and oxygen atoms in total. The van der Waals surface area contributed by atoms with Gasteiger partial charge in [-0.3, -0.25) is 0 Å². The molecular formula is C20H24BrN5O2S. The molecule has 0 aliphatic rings. The number of nitrogens with one attached hydrogen (secondary N) is 1. The van der Waals surface area contributed by atoms with E-state index in [-0.39, 0.29) is 0 Å². The van der Waals surface area contributed by atoms with Gasteiger partial charge in [-0.05, 0) is 62.6 Å². The van der Waals surface area contributed by atoms with E-state index in [1.54, 1.807) is 23.6 Å². The van der Waals surface area contributed by atoms with Crippen molar-refractivity contribution >= 4 is 27.7 Å². The molecule has 0 spiro atoms. The van der Waals surface area contributed by atoms with Gasteiger partial charge in [0.25, 0.3) is 0 Å². The van der Waals surface area contributed by atoms with E-state index in [4.69, 9.17) is 9.47 Å². The number of ether oxygens (including phenoxy) is 2. The number of halogens is 1. The minimum Gasteiger partial charge on any atom is -0.493 e. The van der Waals surface area contributed by atoms with Crippen molar-refractivity contribution < 1.29 is 9.47 Å². The number of tetrazole rings is 1. The second kappa shape index (κ2) is 11.2. The third-order valence-electron chi connectivity index (χ3n) is 4.02. The van der Waals surface area contributed by atoms with Crippen molar-refractivity contribution in [2.75, 3.05) is 26.0 Å². The lowest BCUT2D eigenvalue weighted by atomic mass is 10.2. The van der Waals surface area contributed by atoms with Crippen molar-refractivity contribution in [1.29, 1.82) is 0 Å². The molecule has 3 aromatic rings. The minimum absolute atomic E-state index is 0.659. The van der Waals surface area contributed by atoms with Gasteiger partial charge in [0.15, 0.2) is 11.5 Å². The van der Waals surface area contributed by atoms with Crippen LogP contribution in [0.4, 0.5) is 0 Å². The van der Waals surface area contributed by atoms with Crippen molar-refractivity contribution in [2.24, 2.45) is 0 Å². The largest absolute Gasteiger partial charge is 0.493 e. The molecule has 0 aliphatic heterocycles. The van der Waals surface area contributed by atoms with Crippen LogP contribution in [0.3, 0.4) is 0 Å². The summed E-state index contributed by atoms with van der Waals surface area (Å²) in [6.45, 7) is 4.29. The zero-order chi connectivity index (χ0) is 20.5. The summed E-state index contributed by atoms with van der Waals surface area (Å²) in [6.07, 6.45) is 0.949. The van der Waals surface area contributed by atoms with Gasteiger partial charge in [-0.1, -0.05) is 36.9 Å². The highest BCUT2D eigenvalue weighted by Gasteiger charge is 2.12. The van der Waals surface area contributed by atoms with Gasteiger partial charge in [0.1, 0.15) is 0 Å². The second-order valence-corrected chi connectivity index (χ2v) is 8.11. The monoisotopic (exact) mass is 477 g/mol. The summed E-state index contributed by atoms with van der Waals surface area (Å²) < 4.78 is 13.9. The average molecular weight is 478 g/mol. The van der Waals surface area contributed by atoms with Gasteiger partial charge in [-0.25, -0.2) is 0 Å².